The average Bonchev–Trinajstić information content (AvgIpc) is 2.07. The van der Waals surface area contributed by atoms with E-state index in [1.54, 1.807) is 6.92 Å². The Hall–Kier alpha value is -0.780. The van der Waals surface area contributed by atoms with Crippen molar-refractivity contribution in [3.05, 3.63) is 22.3 Å². The summed E-state index contributed by atoms with van der Waals surface area (Å²) >= 11 is 2.81. The quantitative estimate of drug-likeness (QED) is 0.891. The van der Waals surface area contributed by atoms with E-state index in [4.69, 9.17) is 0 Å². The second-order valence-electron chi connectivity index (χ2n) is 2.56. The lowest BCUT2D eigenvalue weighted by Crippen LogP contribution is -2.11. The van der Waals surface area contributed by atoms with E-state index in [1.807, 2.05) is 0 Å². The van der Waals surface area contributed by atoms with Crippen molar-refractivity contribution in [1.29, 1.82) is 0 Å². The Morgan fingerprint density at radius 1 is 1.43 bits per heavy atom. The molecule has 0 saturated heterocycles. The Morgan fingerprint density at radius 2 is 2.07 bits per heavy atom. The van der Waals surface area contributed by atoms with Crippen LogP contribution in [-0.2, 0) is 6.18 Å². The van der Waals surface area contributed by atoms with Crippen LogP contribution in [0.15, 0.2) is 16.6 Å². The minimum Gasteiger partial charge on any atom is -0.370 e. The molecular weight excluding hydrogens is 261 g/mol. The second-order valence-corrected chi connectivity index (χ2v) is 3.41. The van der Waals surface area contributed by atoms with Gasteiger partial charge in [0.15, 0.2) is 5.69 Å². The Balaban J connectivity index is 3.09. The van der Waals surface area contributed by atoms with Gasteiger partial charge in [0.25, 0.3) is 0 Å². The molecule has 0 radical (unpaired) electrons. The lowest BCUT2D eigenvalue weighted by molar-refractivity contribution is -0.141. The third-order valence-corrected chi connectivity index (χ3v) is 2.11. The molecule has 0 aliphatic rings. The van der Waals surface area contributed by atoms with E-state index in [2.05, 4.69) is 26.2 Å². The van der Waals surface area contributed by atoms with Crippen molar-refractivity contribution in [3.8, 4) is 0 Å². The van der Waals surface area contributed by atoms with Crippen molar-refractivity contribution in [2.75, 3.05) is 11.9 Å². The van der Waals surface area contributed by atoms with Crippen molar-refractivity contribution in [2.24, 2.45) is 0 Å². The Morgan fingerprint density at radius 3 is 2.57 bits per heavy atom. The molecular formula is C8H8BrF3N2. The molecule has 1 rings (SSSR count). The second kappa shape index (κ2) is 4.16. The molecule has 0 aliphatic carbocycles. The summed E-state index contributed by atoms with van der Waals surface area (Å²) in [5.41, 5.74) is -0.907. The van der Waals surface area contributed by atoms with E-state index in [0.717, 1.165) is 0 Å². The molecule has 0 fully saturated rings. The number of hydrogen-bond acceptors (Lipinski definition) is 2. The Labute approximate surface area is 87.7 Å². The fourth-order valence-electron chi connectivity index (χ4n) is 0.921. The lowest BCUT2D eigenvalue weighted by Gasteiger charge is -2.10. The normalized spacial score (nSPS) is 11.5. The van der Waals surface area contributed by atoms with Crippen molar-refractivity contribution in [1.82, 2.24) is 4.98 Å². The predicted molar refractivity (Wildman–Crippen MR) is 51.1 cm³/mol. The number of nitrogens with one attached hydrogen (secondary N) is 1. The Kier molecular flexibility index (Phi) is 3.36. The molecule has 0 aliphatic heterocycles. The maximum Gasteiger partial charge on any atom is 0.434 e. The van der Waals surface area contributed by atoms with Gasteiger partial charge < -0.3 is 5.32 Å². The van der Waals surface area contributed by atoms with Crippen molar-refractivity contribution in [3.63, 3.8) is 0 Å². The smallest absolute Gasteiger partial charge is 0.370 e. The highest BCUT2D eigenvalue weighted by Crippen LogP contribution is 2.33. The van der Waals surface area contributed by atoms with E-state index in [-0.39, 0.29) is 10.3 Å². The summed E-state index contributed by atoms with van der Waals surface area (Å²) in [6, 6.07) is 2.82. The van der Waals surface area contributed by atoms with Crippen LogP contribution in [0.2, 0.25) is 0 Å². The summed E-state index contributed by atoms with van der Waals surface area (Å²) in [7, 11) is 0. The van der Waals surface area contributed by atoms with Crippen LogP contribution in [-0.4, -0.2) is 11.5 Å². The summed E-state index contributed by atoms with van der Waals surface area (Å²) in [4.78, 5) is 3.45. The predicted octanol–water partition coefficient (Wildman–Crippen LogP) is 3.29. The molecule has 0 aromatic carbocycles. The maximum absolute atomic E-state index is 12.3. The highest BCUT2D eigenvalue weighted by atomic mass is 79.9. The van der Waals surface area contributed by atoms with Gasteiger partial charge in [0.2, 0.25) is 0 Å². The van der Waals surface area contributed by atoms with Crippen LogP contribution in [0, 0.1) is 0 Å². The van der Waals surface area contributed by atoms with Crippen LogP contribution in [0.4, 0.5) is 19.0 Å². The van der Waals surface area contributed by atoms with Crippen molar-refractivity contribution in [2.45, 2.75) is 13.1 Å². The fraction of sp³-hybridized carbons (Fsp3) is 0.375. The van der Waals surface area contributed by atoms with E-state index in [9.17, 15) is 13.2 Å². The van der Waals surface area contributed by atoms with Crippen molar-refractivity contribution < 1.29 is 13.2 Å². The minimum atomic E-state index is -4.43. The van der Waals surface area contributed by atoms with Gasteiger partial charge in [0.05, 0.1) is 0 Å². The van der Waals surface area contributed by atoms with Gasteiger partial charge in [0, 0.05) is 11.0 Å². The average molecular weight is 269 g/mol. The summed E-state index contributed by atoms with van der Waals surface area (Å²) < 4.78 is 37.0. The minimum absolute atomic E-state index is 0.0494. The SMILES string of the molecule is CCNc1ccc(Br)c(C(F)(F)F)n1. The number of pyridine rings is 1. The molecule has 14 heavy (non-hydrogen) atoms. The number of hydrogen-bond donors (Lipinski definition) is 1. The summed E-state index contributed by atoms with van der Waals surface area (Å²) in [5.74, 6) is 0.225. The Bertz CT molecular complexity index is 325. The topological polar surface area (TPSA) is 24.9 Å². The molecule has 1 aromatic heterocycles. The number of rotatable bonds is 2. The highest BCUT2D eigenvalue weighted by Gasteiger charge is 2.35. The largest absolute Gasteiger partial charge is 0.434 e. The molecule has 0 atom stereocenters. The van der Waals surface area contributed by atoms with Gasteiger partial charge in [-0.1, -0.05) is 0 Å². The molecule has 2 nitrogen and oxygen atoms in total. The third kappa shape index (κ3) is 2.60. The molecule has 78 valence electrons. The van der Waals surface area contributed by atoms with Crippen molar-refractivity contribution >= 4 is 21.7 Å². The first-order valence-corrected chi connectivity index (χ1v) is 4.72. The van der Waals surface area contributed by atoms with Gasteiger partial charge in [-0.25, -0.2) is 4.98 Å². The van der Waals surface area contributed by atoms with Gasteiger partial charge in [-0.2, -0.15) is 13.2 Å². The van der Waals surface area contributed by atoms with Crippen LogP contribution < -0.4 is 5.32 Å². The number of anilines is 1. The zero-order valence-corrected chi connectivity index (χ0v) is 8.91. The number of nitrogens with zero attached hydrogens (tertiary/aromatic N) is 1. The van der Waals surface area contributed by atoms with Crippen LogP contribution in [0.5, 0.6) is 0 Å². The number of alkyl halides is 3. The zero-order chi connectivity index (χ0) is 10.8. The first-order chi connectivity index (χ1) is 6.45. The van der Waals surface area contributed by atoms with Gasteiger partial charge in [-0.15, -0.1) is 0 Å². The molecule has 0 saturated carbocycles. The van der Waals surface area contributed by atoms with Gasteiger partial charge in [0.1, 0.15) is 5.82 Å². The molecule has 0 unspecified atom stereocenters. The molecule has 0 spiro atoms. The molecule has 0 amide bonds. The summed E-state index contributed by atoms with van der Waals surface area (Å²) in [5, 5.41) is 2.72. The summed E-state index contributed by atoms with van der Waals surface area (Å²) in [6.45, 7) is 2.32. The zero-order valence-electron chi connectivity index (χ0n) is 7.32. The standard InChI is InChI=1S/C8H8BrF3N2/c1-2-13-6-4-3-5(9)7(14-6)8(10,11)12/h3-4H,2H2,1H3,(H,13,14). The van der Waals surface area contributed by atoms with E-state index in [0.29, 0.717) is 6.54 Å². The van der Waals surface area contributed by atoms with E-state index in [1.165, 1.54) is 12.1 Å². The maximum atomic E-state index is 12.3. The summed E-state index contributed by atoms with van der Waals surface area (Å²) in [6.07, 6.45) is -4.43. The third-order valence-electron chi connectivity index (χ3n) is 1.47. The molecule has 0 bridgehead atoms. The molecule has 1 N–H and O–H groups in total. The van der Waals surface area contributed by atoms with E-state index < -0.39 is 11.9 Å². The van der Waals surface area contributed by atoms with Crippen LogP contribution in [0.25, 0.3) is 0 Å². The molecule has 1 aromatic rings. The van der Waals surface area contributed by atoms with Gasteiger partial charge in [-0.3, -0.25) is 0 Å². The fourth-order valence-corrected chi connectivity index (χ4v) is 1.37. The first-order valence-electron chi connectivity index (χ1n) is 3.92. The highest BCUT2D eigenvalue weighted by molar-refractivity contribution is 9.10. The molecule has 6 heteroatoms. The van der Waals surface area contributed by atoms with Gasteiger partial charge in [-0.05, 0) is 35.0 Å². The van der Waals surface area contributed by atoms with Gasteiger partial charge >= 0.3 is 6.18 Å². The van der Waals surface area contributed by atoms with E-state index >= 15 is 0 Å². The van der Waals surface area contributed by atoms with Crippen LogP contribution in [0.1, 0.15) is 12.6 Å². The number of halogens is 4. The molecule has 1 heterocycles. The van der Waals surface area contributed by atoms with Crippen LogP contribution >= 0.6 is 15.9 Å². The monoisotopic (exact) mass is 268 g/mol. The van der Waals surface area contributed by atoms with Crippen LogP contribution in [0.3, 0.4) is 0 Å². The number of aromatic nitrogens is 1. The lowest BCUT2D eigenvalue weighted by atomic mass is 10.3. The first kappa shape index (κ1) is 11.3.